The predicted octanol–water partition coefficient (Wildman–Crippen LogP) is 4.47. The molecule has 5 heteroatoms. The summed E-state index contributed by atoms with van der Waals surface area (Å²) < 4.78 is 44.6. The van der Waals surface area contributed by atoms with Crippen LogP contribution in [0.3, 0.4) is 0 Å². The number of nitrogens with one attached hydrogen (secondary N) is 1. The molecule has 2 unspecified atom stereocenters. The number of benzene rings is 1. The molecule has 1 N–H and O–H groups in total. The molecular weight excluding hydrogens is 267 g/mol. The standard InChI is InChI=1S/C15H20F3NO/c1-3-14(2)10-11(8-9-20-14)19-13-7-5-4-6-12(13)15(16,17)18/h4-7,11,19H,3,8-10H2,1-2H3. The van der Waals surface area contributed by atoms with E-state index in [9.17, 15) is 13.2 Å². The van der Waals surface area contributed by atoms with Crippen LogP contribution < -0.4 is 5.32 Å². The van der Waals surface area contributed by atoms with Crippen LogP contribution in [-0.2, 0) is 10.9 Å². The Morgan fingerprint density at radius 1 is 1.35 bits per heavy atom. The molecule has 0 spiro atoms. The fourth-order valence-corrected chi connectivity index (χ4v) is 2.58. The minimum Gasteiger partial charge on any atom is -0.382 e. The zero-order valence-electron chi connectivity index (χ0n) is 11.8. The minimum absolute atomic E-state index is 0.0113. The Labute approximate surface area is 117 Å². The monoisotopic (exact) mass is 287 g/mol. The van der Waals surface area contributed by atoms with Gasteiger partial charge in [0.05, 0.1) is 11.2 Å². The first-order chi connectivity index (χ1) is 9.34. The molecule has 0 radical (unpaired) electrons. The zero-order chi connectivity index (χ0) is 14.8. The van der Waals surface area contributed by atoms with Gasteiger partial charge in [-0.25, -0.2) is 0 Å². The van der Waals surface area contributed by atoms with E-state index in [1.54, 1.807) is 6.07 Å². The van der Waals surface area contributed by atoms with E-state index in [-0.39, 0.29) is 17.3 Å². The first-order valence-electron chi connectivity index (χ1n) is 6.91. The van der Waals surface area contributed by atoms with Gasteiger partial charge in [-0.2, -0.15) is 13.2 Å². The van der Waals surface area contributed by atoms with E-state index in [2.05, 4.69) is 5.32 Å². The van der Waals surface area contributed by atoms with E-state index in [4.69, 9.17) is 4.74 Å². The number of para-hydroxylation sites is 1. The molecule has 0 aliphatic carbocycles. The lowest BCUT2D eigenvalue weighted by Gasteiger charge is -2.38. The maximum Gasteiger partial charge on any atom is 0.418 e. The molecule has 0 saturated carbocycles. The summed E-state index contributed by atoms with van der Waals surface area (Å²) in [4.78, 5) is 0. The molecule has 1 saturated heterocycles. The number of rotatable bonds is 3. The van der Waals surface area contributed by atoms with Gasteiger partial charge in [0, 0.05) is 18.3 Å². The van der Waals surface area contributed by atoms with Gasteiger partial charge in [0.25, 0.3) is 0 Å². The molecule has 2 nitrogen and oxygen atoms in total. The third-order valence-corrected chi connectivity index (χ3v) is 3.94. The molecule has 1 aromatic carbocycles. The molecule has 1 aliphatic heterocycles. The van der Waals surface area contributed by atoms with Crippen molar-refractivity contribution in [3.8, 4) is 0 Å². The summed E-state index contributed by atoms with van der Waals surface area (Å²) >= 11 is 0. The fourth-order valence-electron chi connectivity index (χ4n) is 2.58. The Morgan fingerprint density at radius 3 is 2.70 bits per heavy atom. The molecule has 0 aromatic heterocycles. The van der Waals surface area contributed by atoms with Crippen LogP contribution in [-0.4, -0.2) is 18.2 Å². The average molecular weight is 287 g/mol. The van der Waals surface area contributed by atoms with Gasteiger partial charge in [-0.05, 0) is 38.3 Å². The second-order valence-corrected chi connectivity index (χ2v) is 5.53. The van der Waals surface area contributed by atoms with Gasteiger partial charge in [0.15, 0.2) is 0 Å². The lowest BCUT2D eigenvalue weighted by atomic mass is 9.89. The van der Waals surface area contributed by atoms with Gasteiger partial charge in [-0.15, -0.1) is 0 Å². The summed E-state index contributed by atoms with van der Waals surface area (Å²) in [6, 6.07) is 5.64. The molecule has 2 atom stereocenters. The van der Waals surface area contributed by atoms with Crippen molar-refractivity contribution in [2.24, 2.45) is 0 Å². The van der Waals surface area contributed by atoms with Crippen LogP contribution in [0.25, 0.3) is 0 Å². The summed E-state index contributed by atoms with van der Waals surface area (Å²) in [6.45, 7) is 4.62. The number of hydrogen-bond acceptors (Lipinski definition) is 2. The highest BCUT2D eigenvalue weighted by molar-refractivity contribution is 5.53. The Bertz CT molecular complexity index is 461. The van der Waals surface area contributed by atoms with E-state index in [0.717, 1.165) is 25.3 Å². The van der Waals surface area contributed by atoms with Gasteiger partial charge in [-0.3, -0.25) is 0 Å². The maximum atomic E-state index is 13.0. The Kier molecular flexibility index (Phi) is 4.28. The highest BCUT2D eigenvalue weighted by Gasteiger charge is 2.35. The Hall–Kier alpha value is -1.23. The zero-order valence-corrected chi connectivity index (χ0v) is 11.8. The second kappa shape index (κ2) is 5.64. The molecule has 1 fully saturated rings. The van der Waals surface area contributed by atoms with E-state index in [1.165, 1.54) is 12.1 Å². The van der Waals surface area contributed by atoms with Gasteiger partial charge in [0.2, 0.25) is 0 Å². The SMILES string of the molecule is CCC1(C)CC(Nc2ccccc2C(F)(F)F)CCO1. The van der Waals surface area contributed by atoms with Crippen molar-refractivity contribution >= 4 is 5.69 Å². The highest BCUT2D eigenvalue weighted by Crippen LogP contribution is 2.36. The highest BCUT2D eigenvalue weighted by atomic mass is 19.4. The molecule has 0 bridgehead atoms. The van der Waals surface area contributed by atoms with Crippen LogP contribution >= 0.6 is 0 Å². The van der Waals surface area contributed by atoms with Crippen LogP contribution in [0.2, 0.25) is 0 Å². The minimum atomic E-state index is -4.33. The molecule has 1 heterocycles. The Balaban J connectivity index is 2.14. The summed E-state index contributed by atoms with van der Waals surface area (Å²) in [7, 11) is 0. The number of hydrogen-bond donors (Lipinski definition) is 1. The van der Waals surface area contributed by atoms with Crippen molar-refractivity contribution in [3.63, 3.8) is 0 Å². The van der Waals surface area contributed by atoms with Crippen LogP contribution in [0, 0.1) is 0 Å². The van der Waals surface area contributed by atoms with Crippen LogP contribution in [0.5, 0.6) is 0 Å². The largest absolute Gasteiger partial charge is 0.418 e. The summed E-state index contributed by atoms with van der Waals surface area (Å²) in [5.74, 6) is 0. The molecule has 112 valence electrons. The van der Waals surface area contributed by atoms with Crippen molar-refractivity contribution in [2.75, 3.05) is 11.9 Å². The average Bonchev–Trinajstić information content (AvgIpc) is 2.38. The van der Waals surface area contributed by atoms with Crippen molar-refractivity contribution in [2.45, 2.75) is 50.9 Å². The molecule has 1 aliphatic rings. The van der Waals surface area contributed by atoms with E-state index >= 15 is 0 Å². The normalized spacial score (nSPS) is 27.4. The van der Waals surface area contributed by atoms with Gasteiger partial charge < -0.3 is 10.1 Å². The first-order valence-corrected chi connectivity index (χ1v) is 6.91. The van der Waals surface area contributed by atoms with E-state index < -0.39 is 11.7 Å². The third-order valence-electron chi connectivity index (χ3n) is 3.94. The second-order valence-electron chi connectivity index (χ2n) is 5.53. The van der Waals surface area contributed by atoms with Crippen molar-refractivity contribution in [1.29, 1.82) is 0 Å². The molecule has 2 rings (SSSR count). The predicted molar refractivity (Wildman–Crippen MR) is 72.7 cm³/mol. The number of anilines is 1. The smallest absolute Gasteiger partial charge is 0.382 e. The first kappa shape index (κ1) is 15.2. The fraction of sp³-hybridized carbons (Fsp3) is 0.600. The molecule has 20 heavy (non-hydrogen) atoms. The van der Waals surface area contributed by atoms with Crippen molar-refractivity contribution in [1.82, 2.24) is 0 Å². The van der Waals surface area contributed by atoms with Gasteiger partial charge in [0.1, 0.15) is 0 Å². The van der Waals surface area contributed by atoms with Crippen LogP contribution in [0.1, 0.15) is 38.7 Å². The number of ether oxygens (including phenoxy) is 1. The molecule has 0 amide bonds. The number of alkyl halides is 3. The quantitative estimate of drug-likeness (QED) is 0.886. The van der Waals surface area contributed by atoms with Crippen LogP contribution in [0.4, 0.5) is 18.9 Å². The van der Waals surface area contributed by atoms with Crippen molar-refractivity contribution in [3.05, 3.63) is 29.8 Å². The Morgan fingerprint density at radius 2 is 2.05 bits per heavy atom. The molecule has 1 aromatic rings. The maximum absolute atomic E-state index is 13.0. The summed E-state index contributed by atoms with van der Waals surface area (Å²) in [5, 5.41) is 3.05. The van der Waals surface area contributed by atoms with E-state index in [0.29, 0.717) is 6.61 Å². The van der Waals surface area contributed by atoms with Crippen molar-refractivity contribution < 1.29 is 17.9 Å². The van der Waals surface area contributed by atoms with Gasteiger partial charge >= 0.3 is 6.18 Å². The lowest BCUT2D eigenvalue weighted by molar-refractivity contribution is -0.137. The van der Waals surface area contributed by atoms with Crippen LogP contribution in [0.15, 0.2) is 24.3 Å². The third kappa shape index (κ3) is 3.45. The van der Waals surface area contributed by atoms with Gasteiger partial charge in [-0.1, -0.05) is 19.1 Å². The summed E-state index contributed by atoms with van der Waals surface area (Å²) in [6.07, 6.45) is -2.04. The van der Waals surface area contributed by atoms with E-state index in [1.807, 2.05) is 13.8 Å². The topological polar surface area (TPSA) is 21.3 Å². The molecular formula is C15H20F3NO. The summed E-state index contributed by atoms with van der Waals surface area (Å²) in [5.41, 5.74) is -0.696. The lowest BCUT2D eigenvalue weighted by Crippen LogP contribution is -2.42. The number of halogens is 3.